The molecule has 0 N–H and O–H groups in total. The van der Waals surface area contributed by atoms with Gasteiger partial charge in [0.25, 0.3) is 5.91 Å². The van der Waals surface area contributed by atoms with Crippen molar-refractivity contribution in [2.75, 3.05) is 10.7 Å². The first-order chi connectivity index (χ1) is 18.2. The van der Waals surface area contributed by atoms with Gasteiger partial charge in [-0.3, -0.25) is 9.69 Å². The Bertz CT molecular complexity index is 1600. The molecule has 3 aromatic carbocycles. The van der Waals surface area contributed by atoms with Gasteiger partial charge in [0.1, 0.15) is 11.4 Å². The van der Waals surface area contributed by atoms with Crippen LogP contribution < -0.4 is 4.90 Å². The number of carbonyl (C=O) groups excluding carboxylic acids is 1. The normalized spacial score (nSPS) is 17.7. The summed E-state index contributed by atoms with van der Waals surface area (Å²) in [5.74, 6) is -1.21. The van der Waals surface area contributed by atoms with Gasteiger partial charge in [-0.15, -0.1) is 11.8 Å². The Hall–Kier alpha value is -3.34. The van der Waals surface area contributed by atoms with Gasteiger partial charge in [-0.1, -0.05) is 17.7 Å². The van der Waals surface area contributed by atoms with Gasteiger partial charge in [-0.2, -0.15) is 18.4 Å². The number of halogens is 4. The van der Waals surface area contributed by atoms with Crippen LogP contribution in [-0.4, -0.2) is 30.8 Å². The number of hydrogen-bond donors (Lipinski definition) is 0. The number of alkyl halides is 3. The van der Waals surface area contributed by atoms with Crippen LogP contribution >= 0.6 is 22.6 Å². The smallest absolute Gasteiger partial charge is 0.271 e. The lowest BCUT2D eigenvalue weighted by molar-refractivity contribution is -0.137. The maximum Gasteiger partial charge on any atom is 0.417 e. The molecule has 0 aromatic heterocycles. The van der Waals surface area contributed by atoms with Crippen LogP contribution in [0.3, 0.4) is 0 Å². The fourth-order valence-electron chi connectivity index (χ4n) is 3.62. The Balaban J connectivity index is 1.77. The Morgan fingerprint density at radius 2 is 1.69 bits per heavy atom. The minimum absolute atomic E-state index is 0.00892. The first-order valence-corrected chi connectivity index (χ1v) is 15.0. The van der Waals surface area contributed by atoms with E-state index in [9.17, 15) is 30.8 Å². The third-order valence-electron chi connectivity index (χ3n) is 5.71. The van der Waals surface area contributed by atoms with Crippen molar-refractivity contribution in [2.24, 2.45) is 4.99 Å². The van der Waals surface area contributed by atoms with E-state index in [0.29, 0.717) is 11.0 Å². The number of nitrogens with zero attached hydrogens (tertiary/aromatic N) is 3. The number of amides is 1. The topological polar surface area (TPSA) is 90.6 Å². The molecule has 1 heterocycles. The van der Waals surface area contributed by atoms with Gasteiger partial charge in [-0.05, 0) is 68.4 Å². The van der Waals surface area contributed by atoms with E-state index >= 15 is 0 Å². The molecule has 3 aromatic rings. The summed E-state index contributed by atoms with van der Waals surface area (Å²) in [5.41, 5.74) is -2.94. The van der Waals surface area contributed by atoms with Gasteiger partial charge in [-0.25, -0.2) is 17.8 Å². The molecule has 0 unspecified atom stereocenters. The number of rotatable bonds is 6. The molecule has 1 amide bonds. The molecule has 0 radical (unpaired) electrons. The molecule has 0 saturated heterocycles. The number of thioether (sulfide) groups is 1. The third kappa shape index (κ3) is 6.13. The second-order valence-electron chi connectivity index (χ2n) is 8.74. The number of amidine groups is 1. The second kappa shape index (κ2) is 10.7. The Morgan fingerprint density at radius 1 is 1.05 bits per heavy atom. The zero-order chi connectivity index (χ0) is 28.6. The SMILES string of the molecule is Cc1ccc(S(=O)(=O)SC2=N[C@@](C)(CSc3ccc(F)cc3)C(=O)N2c2ccc(C#N)c(C(F)(F)F)c2)cc1. The fourth-order valence-corrected chi connectivity index (χ4v) is 7.40. The molecule has 0 spiro atoms. The van der Waals surface area contributed by atoms with Gasteiger partial charge in [0, 0.05) is 21.4 Å². The van der Waals surface area contributed by atoms with Crippen LogP contribution in [0.4, 0.5) is 23.2 Å². The number of anilines is 1. The van der Waals surface area contributed by atoms with E-state index in [4.69, 9.17) is 5.26 Å². The molecule has 6 nitrogen and oxygen atoms in total. The summed E-state index contributed by atoms with van der Waals surface area (Å²) >= 11 is 1.15. The summed E-state index contributed by atoms with van der Waals surface area (Å²) in [6.45, 7) is 3.22. The largest absolute Gasteiger partial charge is 0.417 e. The van der Waals surface area contributed by atoms with Crippen molar-refractivity contribution in [3.63, 3.8) is 0 Å². The maximum atomic E-state index is 13.7. The lowest BCUT2D eigenvalue weighted by Gasteiger charge is -2.23. The number of nitriles is 1. The molecule has 13 heteroatoms. The Kier molecular flexibility index (Phi) is 7.84. The Morgan fingerprint density at radius 3 is 2.28 bits per heavy atom. The predicted octanol–water partition coefficient (Wildman–Crippen LogP) is 6.40. The fraction of sp³-hybridized carbons (Fsp3) is 0.192. The number of hydrogen-bond acceptors (Lipinski definition) is 7. The number of carbonyl (C=O) groups is 1. The number of benzene rings is 3. The summed E-state index contributed by atoms with van der Waals surface area (Å²) in [4.78, 5) is 19.4. The molecule has 0 saturated carbocycles. The van der Waals surface area contributed by atoms with Gasteiger partial charge in [0.15, 0.2) is 5.17 Å². The number of aliphatic imine (C=N–C) groups is 1. The monoisotopic (exact) mass is 593 g/mol. The van der Waals surface area contributed by atoms with Crippen molar-refractivity contribution in [3.8, 4) is 6.07 Å². The molecular formula is C26H19F4N3O3S3. The average Bonchev–Trinajstić information content (AvgIpc) is 3.11. The highest BCUT2D eigenvalue weighted by molar-refractivity contribution is 8.78. The van der Waals surface area contributed by atoms with Crippen LogP contribution in [0.25, 0.3) is 0 Å². The second-order valence-corrected chi connectivity index (χ2v) is 13.5. The minimum Gasteiger partial charge on any atom is -0.271 e. The van der Waals surface area contributed by atoms with Crippen LogP contribution in [-0.2, 0) is 19.8 Å². The molecule has 1 atom stereocenters. The summed E-state index contributed by atoms with van der Waals surface area (Å²) in [5, 5.41) is 8.82. The zero-order valence-corrected chi connectivity index (χ0v) is 22.8. The first-order valence-electron chi connectivity index (χ1n) is 11.2. The molecular weight excluding hydrogens is 574 g/mol. The van der Waals surface area contributed by atoms with Crippen molar-refractivity contribution in [1.82, 2.24) is 0 Å². The van der Waals surface area contributed by atoms with Crippen LogP contribution in [0.5, 0.6) is 0 Å². The highest BCUT2D eigenvalue weighted by Crippen LogP contribution is 2.41. The van der Waals surface area contributed by atoms with Crippen molar-refractivity contribution in [1.29, 1.82) is 5.26 Å². The van der Waals surface area contributed by atoms with E-state index in [0.717, 1.165) is 34.4 Å². The Labute approximate surface area is 230 Å². The van der Waals surface area contributed by atoms with Crippen LogP contribution in [0.15, 0.2) is 81.5 Å². The van der Waals surface area contributed by atoms with Crippen LogP contribution in [0.2, 0.25) is 0 Å². The van der Waals surface area contributed by atoms with Crippen LogP contribution in [0.1, 0.15) is 23.6 Å². The molecule has 0 bridgehead atoms. The summed E-state index contributed by atoms with van der Waals surface area (Å²) in [7, 11) is -3.88. The molecule has 0 fully saturated rings. The van der Waals surface area contributed by atoms with Gasteiger partial charge >= 0.3 is 6.18 Å². The third-order valence-corrected chi connectivity index (χ3v) is 10.2. The molecule has 1 aliphatic heterocycles. The minimum atomic E-state index is -4.90. The highest BCUT2D eigenvalue weighted by atomic mass is 33.1. The molecule has 202 valence electrons. The van der Waals surface area contributed by atoms with Gasteiger partial charge < -0.3 is 0 Å². The lowest BCUT2D eigenvalue weighted by atomic mass is 10.0. The van der Waals surface area contributed by atoms with Gasteiger partial charge in [0.2, 0.25) is 8.87 Å². The van der Waals surface area contributed by atoms with Crippen LogP contribution in [0, 0.1) is 24.1 Å². The molecule has 0 aliphatic carbocycles. The lowest BCUT2D eigenvalue weighted by Crippen LogP contribution is -2.42. The number of aryl methyl sites for hydroxylation is 1. The quantitative estimate of drug-likeness (QED) is 0.187. The average molecular weight is 594 g/mol. The van der Waals surface area contributed by atoms with Crippen molar-refractivity contribution < 1.29 is 30.8 Å². The predicted molar refractivity (Wildman–Crippen MR) is 143 cm³/mol. The van der Waals surface area contributed by atoms with E-state index in [1.807, 2.05) is 0 Å². The summed E-state index contributed by atoms with van der Waals surface area (Å²) < 4.78 is 80.8. The van der Waals surface area contributed by atoms with E-state index in [1.165, 1.54) is 49.4 Å². The van der Waals surface area contributed by atoms with Gasteiger partial charge in [0.05, 0.1) is 27.8 Å². The standard InChI is InChI=1S/C26H19F4N3O3S3/c1-16-3-11-21(12-4-16)39(35,36)38-24-32-25(2,15-37-20-9-6-18(27)7-10-20)23(34)33(24)19-8-5-17(14-31)22(13-19)26(28,29)30/h3-13H,15H2,1-2H3/t25-/m0/s1. The van der Waals surface area contributed by atoms with E-state index in [1.54, 1.807) is 19.1 Å². The highest BCUT2D eigenvalue weighted by Gasteiger charge is 2.47. The van der Waals surface area contributed by atoms with E-state index in [-0.39, 0.29) is 32.3 Å². The van der Waals surface area contributed by atoms with E-state index < -0.39 is 43.4 Å². The maximum absolute atomic E-state index is 13.7. The van der Waals surface area contributed by atoms with Crippen molar-refractivity contribution >= 4 is 48.2 Å². The molecule has 1 aliphatic rings. The van der Waals surface area contributed by atoms with E-state index in [2.05, 4.69) is 4.99 Å². The van der Waals surface area contributed by atoms with Crippen molar-refractivity contribution in [3.05, 3.63) is 89.2 Å². The molecule has 39 heavy (non-hydrogen) atoms. The first kappa shape index (κ1) is 28.7. The summed E-state index contributed by atoms with van der Waals surface area (Å²) in [6.07, 6.45) is -4.90. The van der Waals surface area contributed by atoms with Crippen molar-refractivity contribution in [2.45, 2.75) is 35.4 Å². The summed E-state index contributed by atoms with van der Waals surface area (Å²) in [6, 6.07) is 15.6. The zero-order valence-electron chi connectivity index (χ0n) is 20.4. The molecule has 4 rings (SSSR count).